The normalized spacial score (nSPS) is 9.95. The molecule has 0 saturated carbocycles. The molecule has 0 fully saturated rings. The fourth-order valence-electron chi connectivity index (χ4n) is 1.48. The van der Waals surface area contributed by atoms with Crippen LogP contribution in [0.25, 0.3) is 0 Å². The van der Waals surface area contributed by atoms with Crippen LogP contribution in [0.2, 0.25) is 0 Å². The zero-order valence-electron chi connectivity index (χ0n) is 10.5. The fourth-order valence-corrected chi connectivity index (χ4v) is 1.76. The van der Waals surface area contributed by atoms with Crippen molar-refractivity contribution in [2.75, 3.05) is 6.26 Å². The maximum atomic E-state index is 5.68. The Morgan fingerprint density at radius 1 is 1.00 bits per heavy atom. The molecule has 0 bridgehead atoms. The summed E-state index contributed by atoms with van der Waals surface area (Å²) in [5.74, 6) is 1.54. The van der Waals surface area contributed by atoms with Gasteiger partial charge in [-0.2, -0.15) is 0 Å². The van der Waals surface area contributed by atoms with Crippen LogP contribution in [-0.4, -0.2) is 10.6 Å². The van der Waals surface area contributed by atoms with Gasteiger partial charge < -0.3 is 9.47 Å². The Morgan fingerprint density at radius 3 is 2.26 bits per heavy atom. The second kappa shape index (κ2) is 7.16. The molecule has 4 heteroatoms. The monoisotopic (exact) mass is 292 g/mol. The third kappa shape index (κ3) is 4.58. The van der Waals surface area contributed by atoms with Gasteiger partial charge in [0.05, 0.1) is 0 Å². The summed E-state index contributed by atoms with van der Waals surface area (Å²) in [6.07, 6.45) is 1.89. The number of benzene rings is 2. The molecule has 0 amide bonds. The van der Waals surface area contributed by atoms with Crippen molar-refractivity contribution < 1.29 is 9.47 Å². The van der Waals surface area contributed by atoms with Gasteiger partial charge in [0.15, 0.2) is 0 Å². The summed E-state index contributed by atoms with van der Waals surface area (Å²) in [6.45, 7) is 0.560. The maximum absolute atomic E-state index is 5.68. The number of hydrogen-bond donors (Lipinski definition) is 0. The molecule has 0 unspecified atom stereocenters. The van der Waals surface area contributed by atoms with E-state index in [1.165, 1.54) is 11.8 Å². The van der Waals surface area contributed by atoms with Gasteiger partial charge in [0, 0.05) is 0 Å². The van der Waals surface area contributed by atoms with Crippen LogP contribution in [0.15, 0.2) is 54.6 Å². The molecule has 0 atom stereocenters. The highest BCUT2D eigenvalue weighted by Crippen LogP contribution is 2.20. The molecule has 0 spiro atoms. The highest BCUT2D eigenvalue weighted by Gasteiger charge is 2.00. The van der Waals surface area contributed by atoms with E-state index in [-0.39, 0.29) is 0 Å². The van der Waals surface area contributed by atoms with E-state index in [1.54, 1.807) is 0 Å². The highest BCUT2D eigenvalue weighted by molar-refractivity contribution is 8.22. The van der Waals surface area contributed by atoms with Crippen LogP contribution in [0.1, 0.15) is 5.56 Å². The molecule has 0 aliphatic rings. The molecule has 0 saturated heterocycles. The Bertz CT molecular complexity index is 524. The first kappa shape index (κ1) is 13.9. The van der Waals surface area contributed by atoms with E-state index < -0.39 is 0 Å². The van der Waals surface area contributed by atoms with Crippen molar-refractivity contribution >= 4 is 28.4 Å². The summed E-state index contributed by atoms with van der Waals surface area (Å²) in [7, 11) is 0. The first-order valence-electron chi connectivity index (χ1n) is 5.80. The van der Waals surface area contributed by atoms with E-state index in [0.717, 1.165) is 17.1 Å². The summed E-state index contributed by atoms with van der Waals surface area (Å²) in [5.41, 5.74) is 1.14. The molecule has 98 valence electrons. The summed E-state index contributed by atoms with van der Waals surface area (Å²) in [6, 6.07) is 17.5. The van der Waals surface area contributed by atoms with Gasteiger partial charge in [0.25, 0.3) is 0 Å². The van der Waals surface area contributed by atoms with E-state index in [2.05, 4.69) is 0 Å². The molecule has 0 radical (unpaired) electrons. The first-order chi connectivity index (χ1) is 9.28. The predicted octanol–water partition coefficient (Wildman–Crippen LogP) is 4.29. The van der Waals surface area contributed by atoms with E-state index in [1.807, 2.05) is 60.9 Å². The average molecular weight is 292 g/mol. The summed E-state index contributed by atoms with van der Waals surface area (Å²) >= 11 is 6.40. The molecule has 0 N–H and O–H groups in total. The van der Waals surface area contributed by atoms with Crippen molar-refractivity contribution in [1.82, 2.24) is 0 Å². The lowest BCUT2D eigenvalue weighted by Gasteiger charge is -2.08. The zero-order valence-corrected chi connectivity index (χ0v) is 12.2. The molecule has 0 aliphatic carbocycles. The Kier molecular flexibility index (Phi) is 5.24. The lowest BCUT2D eigenvalue weighted by molar-refractivity contribution is 0.306. The summed E-state index contributed by atoms with van der Waals surface area (Å²) in [5, 5.41) is 0. The van der Waals surface area contributed by atoms with Gasteiger partial charge in [-0.3, -0.25) is 0 Å². The van der Waals surface area contributed by atoms with E-state index in [0.29, 0.717) is 11.0 Å². The number of rotatable bonds is 4. The Morgan fingerprint density at radius 2 is 1.63 bits per heavy atom. The molecule has 0 aromatic heterocycles. The first-order valence-corrected chi connectivity index (χ1v) is 7.44. The standard InChI is InChI=1S/C15H14O2S2/c1-19-15(18)17-14-9-7-13(8-10-14)16-11-12-5-3-2-4-6-12/h2-10H,11H2,1H3/i15+2. The van der Waals surface area contributed by atoms with Crippen molar-refractivity contribution in [1.29, 1.82) is 0 Å². The topological polar surface area (TPSA) is 18.5 Å². The van der Waals surface area contributed by atoms with Crippen LogP contribution >= 0.6 is 24.0 Å². The van der Waals surface area contributed by atoms with Crippen LogP contribution in [0.4, 0.5) is 0 Å². The van der Waals surface area contributed by atoms with E-state index in [4.69, 9.17) is 21.7 Å². The molecular weight excluding hydrogens is 278 g/mol. The molecule has 0 aliphatic heterocycles. The third-order valence-electron chi connectivity index (χ3n) is 2.44. The van der Waals surface area contributed by atoms with Gasteiger partial charge in [-0.15, -0.1) is 0 Å². The van der Waals surface area contributed by atoms with E-state index in [9.17, 15) is 0 Å². The van der Waals surface area contributed by atoms with E-state index >= 15 is 0 Å². The molecule has 2 rings (SSSR count). The van der Waals surface area contributed by atoms with Gasteiger partial charge in [0.1, 0.15) is 18.1 Å². The second-order valence-electron chi connectivity index (χ2n) is 3.80. The lowest BCUT2D eigenvalue weighted by atomic mass is 10.2. The van der Waals surface area contributed by atoms with Gasteiger partial charge in [-0.05, 0) is 48.3 Å². The summed E-state index contributed by atoms with van der Waals surface area (Å²) in [4.78, 5) is 0. The minimum Gasteiger partial charge on any atom is -0.489 e. The Hall–Kier alpha value is -1.52. The van der Waals surface area contributed by atoms with Gasteiger partial charge in [-0.25, -0.2) is 0 Å². The predicted molar refractivity (Wildman–Crippen MR) is 84.0 cm³/mol. The third-order valence-corrected chi connectivity index (χ3v) is 3.44. The fraction of sp³-hybridized carbons (Fsp3) is 0.133. The Labute approximate surface area is 122 Å². The minimum atomic E-state index is 0.512. The van der Waals surface area contributed by atoms with Gasteiger partial charge in [0.2, 0.25) is 4.38 Å². The highest BCUT2D eigenvalue weighted by atomic mass is 32.2. The van der Waals surface area contributed by atoms with Crippen LogP contribution in [-0.2, 0) is 6.61 Å². The van der Waals surface area contributed by atoms with Crippen LogP contribution in [0.5, 0.6) is 11.5 Å². The smallest absolute Gasteiger partial charge is 0.225 e. The van der Waals surface area contributed by atoms with Crippen molar-refractivity contribution in [3.05, 3.63) is 60.2 Å². The minimum absolute atomic E-state index is 0.512. The van der Waals surface area contributed by atoms with Crippen molar-refractivity contribution in [2.24, 2.45) is 0 Å². The number of hydrogen-bond acceptors (Lipinski definition) is 4. The van der Waals surface area contributed by atoms with Crippen LogP contribution in [0, 0.1) is 0 Å². The molecule has 2 nitrogen and oxygen atoms in total. The second-order valence-corrected chi connectivity index (χ2v) is 5.21. The Balaban J connectivity index is 1.90. The maximum Gasteiger partial charge on any atom is 0.225 e. The number of ether oxygens (including phenoxy) is 2. The van der Waals surface area contributed by atoms with Crippen molar-refractivity contribution in [3.8, 4) is 11.5 Å². The molecule has 19 heavy (non-hydrogen) atoms. The molecule has 2 aromatic rings. The quantitative estimate of drug-likeness (QED) is 0.782. The lowest BCUT2D eigenvalue weighted by Crippen LogP contribution is -1.99. The van der Waals surface area contributed by atoms with Crippen LogP contribution in [0.3, 0.4) is 0 Å². The van der Waals surface area contributed by atoms with Crippen molar-refractivity contribution in [2.45, 2.75) is 6.61 Å². The zero-order chi connectivity index (χ0) is 13.5. The SMILES string of the molecule is CS[14C](=S)Oc1ccc(OCc2ccccc2)cc1. The summed E-state index contributed by atoms with van der Waals surface area (Å²) < 4.78 is 11.6. The van der Waals surface area contributed by atoms with Gasteiger partial charge in [-0.1, -0.05) is 42.1 Å². The number of thioether (sulfide) groups is 1. The largest absolute Gasteiger partial charge is 0.489 e. The molecule has 0 heterocycles. The average Bonchev–Trinajstić information content (AvgIpc) is 2.47. The van der Waals surface area contributed by atoms with Crippen LogP contribution < -0.4 is 9.47 Å². The molecular formula is C15H14O2S2. The number of thiocarbonyl (C=S) groups is 1. The molecule has 2 aromatic carbocycles. The van der Waals surface area contributed by atoms with Crippen molar-refractivity contribution in [3.63, 3.8) is 0 Å². The van der Waals surface area contributed by atoms with Gasteiger partial charge >= 0.3 is 0 Å².